The van der Waals surface area contributed by atoms with E-state index in [-0.39, 0.29) is 30.7 Å². The van der Waals surface area contributed by atoms with Crippen LogP contribution in [-0.4, -0.2) is 86.4 Å². The zero-order valence-electron chi connectivity index (χ0n) is 36.8. The molecule has 7 aromatic rings. The van der Waals surface area contributed by atoms with Crippen molar-refractivity contribution in [1.82, 2.24) is 29.0 Å². The average Bonchev–Trinajstić information content (AvgIpc) is 3.76. The van der Waals surface area contributed by atoms with Crippen LogP contribution in [0.1, 0.15) is 79.8 Å². The maximum atomic E-state index is 15.7. The van der Waals surface area contributed by atoms with Crippen LogP contribution in [0.15, 0.2) is 67.0 Å². The molecule has 0 fully saturated rings. The molecule has 8 rings (SSSR count). The molecule has 0 spiro atoms. The van der Waals surface area contributed by atoms with E-state index in [0.717, 1.165) is 66.6 Å². The second-order valence-corrected chi connectivity index (χ2v) is 17.5. The molecule has 1 unspecified atom stereocenters. The first-order valence-corrected chi connectivity index (χ1v) is 21.8. The molecule has 3 aromatic carbocycles. The first kappa shape index (κ1) is 43.7. The fourth-order valence-electron chi connectivity index (χ4n) is 8.95. The summed E-state index contributed by atoms with van der Waals surface area (Å²) in [4.78, 5) is 46.3. The highest BCUT2D eigenvalue weighted by Gasteiger charge is 2.38. The maximum absolute atomic E-state index is 15.7. The van der Waals surface area contributed by atoms with Gasteiger partial charge in [0, 0.05) is 69.2 Å². The predicted molar refractivity (Wildman–Crippen MR) is 250 cm³/mol. The number of likely N-dealkylation sites (N-methyl/N-ethyl adjacent to an activating group) is 1. The number of carboxylic acid groups (broad SMARTS) is 1. The minimum atomic E-state index is -1.09. The number of ether oxygens (including phenoxy) is 2. The van der Waals surface area contributed by atoms with Crippen molar-refractivity contribution in [3.63, 3.8) is 0 Å². The number of aromatic nitrogens is 5. The molecular formula is C49H51Cl2N7O5. The number of carboxylic acids is 1. The second-order valence-electron chi connectivity index (χ2n) is 16.7. The highest BCUT2D eigenvalue weighted by Crippen LogP contribution is 2.46. The van der Waals surface area contributed by atoms with Gasteiger partial charge in [-0.1, -0.05) is 35.3 Å². The smallest absolute Gasteiger partial charge is 0.352 e. The number of nitrogens with zero attached hydrogens (tertiary/aromatic N) is 7. The van der Waals surface area contributed by atoms with Gasteiger partial charge < -0.3 is 33.5 Å². The Bertz CT molecular complexity index is 2900. The lowest BCUT2D eigenvalue weighted by molar-refractivity contribution is 0.0686. The molecule has 63 heavy (non-hydrogen) atoms. The minimum absolute atomic E-state index is 0.0773. The number of carbonyl (C=O) groups excluding carboxylic acids is 1. The van der Waals surface area contributed by atoms with Crippen LogP contribution >= 0.6 is 23.2 Å². The second kappa shape index (κ2) is 17.7. The van der Waals surface area contributed by atoms with Crippen molar-refractivity contribution < 1.29 is 24.2 Å². The minimum Gasteiger partial charge on any atom is -0.494 e. The lowest BCUT2D eigenvalue weighted by atomic mass is 9.97. The topological polar surface area (TPSA) is 128 Å². The molecule has 12 nitrogen and oxygen atoms in total. The van der Waals surface area contributed by atoms with Crippen LogP contribution in [-0.2, 0) is 13.0 Å². The summed E-state index contributed by atoms with van der Waals surface area (Å²) in [6.45, 7) is 13.7. The zero-order valence-corrected chi connectivity index (χ0v) is 38.4. The van der Waals surface area contributed by atoms with Crippen LogP contribution < -0.4 is 14.4 Å². The Labute approximate surface area is 377 Å². The van der Waals surface area contributed by atoms with Crippen molar-refractivity contribution in [2.45, 2.75) is 67.0 Å². The van der Waals surface area contributed by atoms with Crippen molar-refractivity contribution in [2.75, 3.05) is 45.3 Å². The van der Waals surface area contributed by atoms with Gasteiger partial charge in [0.2, 0.25) is 0 Å². The maximum Gasteiger partial charge on any atom is 0.352 e. The molecule has 1 aliphatic heterocycles. The van der Waals surface area contributed by atoms with Crippen molar-refractivity contribution in [3.05, 3.63) is 128 Å². The van der Waals surface area contributed by atoms with Crippen LogP contribution in [0.2, 0.25) is 10.0 Å². The first-order chi connectivity index (χ1) is 30.1. The molecule has 0 bridgehead atoms. The molecule has 1 aliphatic rings. The number of pyridine rings is 1. The standard InChI is InChI=1S/C49H51Cl2N7O5/c1-27-19-35(20-28(2)44(27)51)62-17-10-13-37-38-14-15-39(50)43(42-31(5)52-26-53-32(42)6)46(38)58-30(4)24-57(48(59)47(37)58)40-23-36(63-18-16-55(7)8)21-33-22-41(49(60)61)56(45(33)40)25-34-12-9-11-29(3)54-34/h9,11-12,14-15,19-23,26,30H,10,13,16-18,24-25H2,1-8H3,(H,60,61). The van der Waals surface area contributed by atoms with E-state index >= 15 is 4.79 Å². The fraction of sp³-hybridized carbons (Fsp3) is 0.327. The molecule has 326 valence electrons. The summed E-state index contributed by atoms with van der Waals surface area (Å²) in [7, 11) is 3.94. The molecule has 1 atom stereocenters. The third kappa shape index (κ3) is 8.35. The van der Waals surface area contributed by atoms with E-state index in [4.69, 9.17) is 37.7 Å². The molecular weight excluding hydrogens is 837 g/mol. The number of anilines is 1. The van der Waals surface area contributed by atoms with Gasteiger partial charge in [-0.25, -0.2) is 14.8 Å². The Morgan fingerprint density at radius 3 is 2.27 bits per heavy atom. The number of fused-ring (bicyclic) bond motifs is 4. The van der Waals surface area contributed by atoms with Crippen LogP contribution in [0, 0.1) is 34.6 Å². The average molecular weight is 889 g/mol. The van der Waals surface area contributed by atoms with Gasteiger partial charge in [-0.05, 0) is 128 Å². The SMILES string of the molecule is Cc1cccc(Cn2c(C(=O)O)cc3cc(OCCN(C)C)cc(N4CC(C)n5c(c(CCCOc6cc(C)c(Cl)c(C)c6)c6ccc(Cl)c(-c7c(C)ncnc7C)c65)C4=O)c32)n1. The number of hydrogen-bond acceptors (Lipinski definition) is 8. The number of aromatic carboxylic acids is 1. The summed E-state index contributed by atoms with van der Waals surface area (Å²) in [5.41, 5.74) is 10.0. The number of benzene rings is 3. The fourth-order valence-corrected chi connectivity index (χ4v) is 9.30. The Kier molecular flexibility index (Phi) is 12.3. The van der Waals surface area contributed by atoms with Crippen LogP contribution in [0.4, 0.5) is 5.69 Å². The lowest BCUT2D eigenvalue weighted by Crippen LogP contribution is -2.43. The van der Waals surface area contributed by atoms with Gasteiger partial charge in [0.1, 0.15) is 35.8 Å². The third-order valence-electron chi connectivity index (χ3n) is 11.8. The molecule has 4 aromatic heterocycles. The molecule has 0 saturated carbocycles. The van der Waals surface area contributed by atoms with E-state index in [9.17, 15) is 9.90 Å². The molecule has 0 radical (unpaired) electrons. The van der Waals surface area contributed by atoms with E-state index in [1.807, 2.05) is 108 Å². The van der Waals surface area contributed by atoms with E-state index in [2.05, 4.69) is 21.5 Å². The summed E-state index contributed by atoms with van der Waals surface area (Å²) >= 11 is 13.6. The summed E-state index contributed by atoms with van der Waals surface area (Å²) in [5.74, 6) is -0.0528. The predicted octanol–water partition coefficient (Wildman–Crippen LogP) is 10.2. The molecule has 0 aliphatic carbocycles. The van der Waals surface area contributed by atoms with E-state index in [1.54, 1.807) is 21.9 Å². The molecule has 1 N–H and O–H groups in total. The van der Waals surface area contributed by atoms with E-state index in [0.29, 0.717) is 71.4 Å². The summed E-state index contributed by atoms with van der Waals surface area (Å²) < 4.78 is 16.5. The lowest BCUT2D eigenvalue weighted by Gasteiger charge is -2.35. The Morgan fingerprint density at radius 1 is 0.889 bits per heavy atom. The monoisotopic (exact) mass is 887 g/mol. The summed E-state index contributed by atoms with van der Waals surface area (Å²) in [5, 5.41) is 13.4. The van der Waals surface area contributed by atoms with Gasteiger partial charge >= 0.3 is 5.97 Å². The van der Waals surface area contributed by atoms with Gasteiger partial charge in [0.15, 0.2) is 0 Å². The van der Waals surface area contributed by atoms with Crippen molar-refractivity contribution in [3.8, 4) is 22.6 Å². The number of hydrogen-bond donors (Lipinski definition) is 1. The molecule has 14 heteroatoms. The Morgan fingerprint density at radius 2 is 1.59 bits per heavy atom. The van der Waals surface area contributed by atoms with E-state index in [1.165, 1.54) is 0 Å². The van der Waals surface area contributed by atoms with Crippen LogP contribution in [0.5, 0.6) is 11.5 Å². The van der Waals surface area contributed by atoms with Crippen molar-refractivity contribution in [2.24, 2.45) is 0 Å². The summed E-state index contributed by atoms with van der Waals surface area (Å²) in [6, 6.07) is 18.6. The number of carbonyl (C=O) groups is 2. The van der Waals surface area contributed by atoms with Crippen LogP contribution in [0.3, 0.4) is 0 Å². The number of amides is 1. The molecule has 1 amide bonds. The van der Waals surface area contributed by atoms with Crippen LogP contribution in [0.25, 0.3) is 32.9 Å². The van der Waals surface area contributed by atoms with Crippen molar-refractivity contribution in [1.29, 1.82) is 0 Å². The molecule has 5 heterocycles. The van der Waals surface area contributed by atoms with E-state index < -0.39 is 5.97 Å². The normalized spacial score (nSPS) is 14.0. The van der Waals surface area contributed by atoms with Gasteiger partial charge in [0.25, 0.3) is 5.91 Å². The summed E-state index contributed by atoms with van der Waals surface area (Å²) in [6.07, 6.45) is 2.67. The van der Waals surface area contributed by atoms with Gasteiger partial charge in [-0.3, -0.25) is 9.78 Å². The van der Waals surface area contributed by atoms with Gasteiger partial charge in [0.05, 0.1) is 40.6 Å². The van der Waals surface area contributed by atoms with Gasteiger partial charge in [-0.2, -0.15) is 0 Å². The largest absolute Gasteiger partial charge is 0.494 e. The highest BCUT2D eigenvalue weighted by molar-refractivity contribution is 6.35. The van der Waals surface area contributed by atoms with Crippen molar-refractivity contribution >= 4 is 62.6 Å². The Hall–Kier alpha value is -5.95. The molecule has 0 saturated heterocycles. The quantitative estimate of drug-likeness (QED) is 0.106. The third-order valence-corrected chi connectivity index (χ3v) is 12.7. The number of halogens is 2. The first-order valence-electron chi connectivity index (χ1n) is 21.1. The number of rotatable bonds is 14. The Balaban J connectivity index is 1.31. The zero-order chi connectivity index (χ0) is 44.9. The van der Waals surface area contributed by atoms with Gasteiger partial charge in [-0.15, -0.1) is 0 Å². The highest BCUT2D eigenvalue weighted by atomic mass is 35.5. The number of aryl methyl sites for hydroxylation is 6.